The Kier molecular flexibility index (Phi) is 3.75. The molecule has 1 heterocycles. The van der Waals surface area contributed by atoms with Crippen molar-refractivity contribution in [2.75, 3.05) is 0 Å². The highest BCUT2D eigenvalue weighted by Crippen LogP contribution is 2.32. The third kappa shape index (κ3) is 2.34. The third-order valence-corrected chi connectivity index (χ3v) is 3.74. The molecule has 0 aliphatic heterocycles. The molecule has 0 amide bonds. The van der Waals surface area contributed by atoms with Gasteiger partial charge in [-0.05, 0) is 41.7 Å². The molecule has 1 atom stereocenters. The van der Waals surface area contributed by atoms with Crippen molar-refractivity contribution >= 4 is 21.4 Å². The molecule has 1 N–H and O–H groups in total. The molecule has 2 rings (SSSR count). The lowest BCUT2D eigenvalue weighted by Crippen LogP contribution is -1.95. The van der Waals surface area contributed by atoms with Crippen molar-refractivity contribution in [2.45, 2.75) is 25.4 Å². The van der Waals surface area contributed by atoms with Gasteiger partial charge in [-0.1, -0.05) is 24.3 Å². The van der Waals surface area contributed by atoms with Crippen molar-refractivity contribution in [1.82, 2.24) is 0 Å². The average molecular weight is 232 g/mol. The zero-order chi connectivity index (χ0) is 11.4. The molecule has 0 bridgehead atoms. The Morgan fingerprint density at radius 1 is 1.38 bits per heavy atom. The van der Waals surface area contributed by atoms with Gasteiger partial charge in [-0.2, -0.15) is 0 Å². The number of aliphatic hydroxyl groups is 1. The summed E-state index contributed by atoms with van der Waals surface area (Å²) in [6, 6.07) is 8.24. The van der Waals surface area contributed by atoms with Crippen molar-refractivity contribution in [3.05, 3.63) is 47.9 Å². The number of hydrogen-bond donors (Lipinski definition) is 1. The number of benzene rings is 1. The van der Waals surface area contributed by atoms with Gasteiger partial charge in [0.15, 0.2) is 0 Å². The van der Waals surface area contributed by atoms with Crippen LogP contribution in [0.1, 0.15) is 30.9 Å². The standard InChI is InChI=1S/C14H16OS/c1-2-3-4-8-13(15)12-10-16-14-9-6-5-7-11(12)14/h2,5-7,9-10,13,15H,1,3-4,8H2. The highest BCUT2D eigenvalue weighted by molar-refractivity contribution is 7.17. The first kappa shape index (κ1) is 11.4. The SMILES string of the molecule is C=CCCCC(O)c1csc2ccccc12. The Balaban J connectivity index is 2.16. The van der Waals surface area contributed by atoms with E-state index in [-0.39, 0.29) is 6.10 Å². The van der Waals surface area contributed by atoms with Crippen LogP contribution in [0, 0.1) is 0 Å². The molecule has 16 heavy (non-hydrogen) atoms. The molecule has 0 saturated heterocycles. The Hall–Kier alpha value is -1.12. The van der Waals surface area contributed by atoms with Gasteiger partial charge in [0.25, 0.3) is 0 Å². The minimum Gasteiger partial charge on any atom is -0.388 e. The van der Waals surface area contributed by atoms with Crippen LogP contribution in [0.15, 0.2) is 42.3 Å². The molecule has 1 aromatic heterocycles. The number of fused-ring (bicyclic) bond motifs is 1. The molecule has 0 aliphatic carbocycles. The van der Waals surface area contributed by atoms with Gasteiger partial charge in [0.2, 0.25) is 0 Å². The number of aliphatic hydroxyl groups excluding tert-OH is 1. The van der Waals surface area contributed by atoms with E-state index in [1.165, 1.54) is 10.1 Å². The van der Waals surface area contributed by atoms with E-state index in [4.69, 9.17) is 0 Å². The number of hydrogen-bond acceptors (Lipinski definition) is 2. The summed E-state index contributed by atoms with van der Waals surface area (Å²) in [5, 5.41) is 13.4. The molecule has 0 fully saturated rings. The predicted molar refractivity (Wildman–Crippen MR) is 70.8 cm³/mol. The van der Waals surface area contributed by atoms with Gasteiger partial charge in [0.1, 0.15) is 0 Å². The van der Waals surface area contributed by atoms with E-state index in [0.717, 1.165) is 24.8 Å². The fraction of sp³-hybridized carbons (Fsp3) is 0.286. The largest absolute Gasteiger partial charge is 0.388 e. The van der Waals surface area contributed by atoms with Crippen molar-refractivity contribution in [2.24, 2.45) is 0 Å². The molecular weight excluding hydrogens is 216 g/mol. The quantitative estimate of drug-likeness (QED) is 0.602. The second-order valence-electron chi connectivity index (χ2n) is 3.92. The normalized spacial score (nSPS) is 12.8. The van der Waals surface area contributed by atoms with Gasteiger partial charge in [-0.25, -0.2) is 0 Å². The maximum Gasteiger partial charge on any atom is 0.0804 e. The van der Waals surface area contributed by atoms with E-state index in [9.17, 15) is 5.11 Å². The Bertz CT molecular complexity index is 472. The first-order chi connectivity index (χ1) is 7.83. The lowest BCUT2D eigenvalue weighted by Gasteiger charge is -2.08. The van der Waals surface area contributed by atoms with Crippen LogP contribution in [-0.4, -0.2) is 5.11 Å². The summed E-state index contributed by atoms with van der Waals surface area (Å²) in [5.74, 6) is 0. The maximum absolute atomic E-state index is 10.1. The summed E-state index contributed by atoms with van der Waals surface area (Å²) < 4.78 is 1.25. The monoisotopic (exact) mass is 232 g/mol. The van der Waals surface area contributed by atoms with E-state index in [0.29, 0.717) is 0 Å². The van der Waals surface area contributed by atoms with Gasteiger partial charge in [-0.3, -0.25) is 0 Å². The fourth-order valence-corrected chi connectivity index (χ4v) is 2.88. The van der Waals surface area contributed by atoms with Gasteiger partial charge in [-0.15, -0.1) is 17.9 Å². The van der Waals surface area contributed by atoms with Crippen LogP contribution in [0.25, 0.3) is 10.1 Å². The van der Waals surface area contributed by atoms with Gasteiger partial charge < -0.3 is 5.11 Å². The highest BCUT2D eigenvalue weighted by Gasteiger charge is 2.11. The molecular formula is C14H16OS. The molecule has 0 aliphatic rings. The van der Waals surface area contributed by atoms with Gasteiger partial charge in [0, 0.05) is 4.70 Å². The van der Waals surface area contributed by atoms with Crippen LogP contribution >= 0.6 is 11.3 Å². The minimum absolute atomic E-state index is 0.337. The highest BCUT2D eigenvalue weighted by atomic mass is 32.1. The molecule has 1 unspecified atom stereocenters. The van der Waals surface area contributed by atoms with E-state index >= 15 is 0 Å². The Morgan fingerprint density at radius 2 is 2.19 bits per heavy atom. The number of unbranched alkanes of at least 4 members (excludes halogenated alkanes) is 1. The molecule has 2 heteroatoms. The summed E-state index contributed by atoms with van der Waals surface area (Å²) >= 11 is 1.70. The van der Waals surface area contributed by atoms with Crippen LogP contribution in [-0.2, 0) is 0 Å². The third-order valence-electron chi connectivity index (χ3n) is 2.76. The topological polar surface area (TPSA) is 20.2 Å². The second-order valence-corrected chi connectivity index (χ2v) is 4.83. The Morgan fingerprint density at radius 3 is 3.00 bits per heavy atom. The van der Waals surface area contributed by atoms with Gasteiger partial charge in [0.05, 0.1) is 6.10 Å². The summed E-state index contributed by atoms with van der Waals surface area (Å²) in [6.07, 6.45) is 4.34. The van der Waals surface area contributed by atoms with Crippen LogP contribution < -0.4 is 0 Å². The smallest absolute Gasteiger partial charge is 0.0804 e. The summed E-state index contributed by atoms with van der Waals surface area (Å²) in [5.41, 5.74) is 1.07. The predicted octanol–water partition coefficient (Wildman–Crippen LogP) is 4.29. The van der Waals surface area contributed by atoms with Gasteiger partial charge >= 0.3 is 0 Å². The van der Waals surface area contributed by atoms with Crippen LogP contribution in [0.5, 0.6) is 0 Å². The first-order valence-corrected chi connectivity index (χ1v) is 6.46. The van der Waals surface area contributed by atoms with E-state index in [2.05, 4.69) is 24.1 Å². The number of allylic oxidation sites excluding steroid dienone is 1. The molecule has 0 saturated carbocycles. The first-order valence-electron chi connectivity index (χ1n) is 5.58. The van der Waals surface area contributed by atoms with E-state index in [1.54, 1.807) is 11.3 Å². The van der Waals surface area contributed by atoms with E-state index < -0.39 is 0 Å². The summed E-state index contributed by atoms with van der Waals surface area (Å²) in [6.45, 7) is 3.69. The fourth-order valence-electron chi connectivity index (χ4n) is 1.87. The van der Waals surface area contributed by atoms with Crippen molar-refractivity contribution < 1.29 is 5.11 Å². The molecule has 84 valence electrons. The van der Waals surface area contributed by atoms with Crippen molar-refractivity contribution in [1.29, 1.82) is 0 Å². The average Bonchev–Trinajstić information content (AvgIpc) is 2.73. The maximum atomic E-state index is 10.1. The number of thiophene rings is 1. The van der Waals surface area contributed by atoms with Crippen LogP contribution in [0.3, 0.4) is 0 Å². The number of rotatable bonds is 5. The zero-order valence-corrected chi connectivity index (χ0v) is 10.0. The van der Waals surface area contributed by atoms with Crippen LogP contribution in [0.2, 0.25) is 0 Å². The minimum atomic E-state index is -0.337. The van der Waals surface area contributed by atoms with Crippen molar-refractivity contribution in [3.8, 4) is 0 Å². The molecule has 1 aromatic carbocycles. The molecule has 1 nitrogen and oxygen atoms in total. The second kappa shape index (κ2) is 5.28. The summed E-state index contributed by atoms with van der Waals surface area (Å²) in [4.78, 5) is 0. The molecule has 0 spiro atoms. The molecule has 0 radical (unpaired) electrons. The molecule has 2 aromatic rings. The lowest BCUT2D eigenvalue weighted by atomic mass is 10.0. The van der Waals surface area contributed by atoms with E-state index in [1.807, 2.05) is 18.2 Å². The van der Waals surface area contributed by atoms with Crippen LogP contribution in [0.4, 0.5) is 0 Å². The van der Waals surface area contributed by atoms with Crippen molar-refractivity contribution in [3.63, 3.8) is 0 Å². The lowest BCUT2D eigenvalue weighted by molar-refractivity contribution is 0.167. The zero-order valence-electron chi connectivity index (χ0n) is 9.23. The Labute approximate surface area is 100 Å². The summed E-state index contributed by atoms with van der Waals surface area (Å²) in [7, 11) is 0.